The number of hydrogen-bond donors (Lipinski definition) is 2. The number of nitrogens with two attached hydrogens (primary N) is 1. The number of halogens is 2. The number of piperidine rings is 2. The summed E-state index contributed by atoms with van der Waals surface area (Å²) in [6, 6.07) is 8.02. The minimum absolute atomic E-state index is 0. The van der Waals surface area contributed by atoms with Gasteiger partial charge in [0.25, 0.3) is 0 Å². The highest BCUT2D eigenvalue weighted by atomic mass is 35.5. The van der Waals surface area contributed by atoms with Crippen molar-refractivity contribution in [1.29, 1.82) is 0 Å². The van der Waals surface area contributed by atoms with E-state index in [-0.39, 0.29) is 80.7 Å². The fourth-order valence-corrected chi connectivity index (χ4v) is 10.8. The fourth-order valence-electron chi connectivity index (χ4n) is 7.37. The molecular formula is C35H51Cl2N5O8S2. The molecule has 2 aliphatic rings. The highest BCUT2D eigenvalue weighted by molar-refractivity contribution is 7.89. The Kier molecular flexibility index (Phi) is 14.9. The second kappa shape index (κ2) is 17.7. The molecule has 290 valence electrons. The number of benzene rings is 3. The topological polar surface area (TPSA) is 178 Å². The smallest absolute Gasteiger partial charge is 0.325 e. The summed E-state index contributed by atoms with van der Waals surface area (Å²) in [7, 11) is -7.90. The van der Waals surface area contributed by atoms with Crippen LogP contribution >= 0.6 is 24.8 Å². The van der Waals surface area contributed by atoms with Crippen LogP contribution in [0.5, 0.6) is 0 Å². The first kappa shape index (κ1) is 43.8. The van der Waals surface area contributed by atoms with Gasteiger partial charge in [-0.15, -0.1) is 29.7 Å². The van der Waals surface area contributed by atoms with Crippen LogP contribution in [-0.2, 0) is 34.4 Å². The molecule has 0 radical (unpaired) electrons. The molecule has 3 aromatic carbocycles. The van der Waals surface area contributed by atoms with Crippen molar-refractivity contribution < 1.29 is 31.2 Å². The number of hydrogen-bond acceptors (Lipinski definition) is 11. The maximum Gasteiger partial charge on any atom is 0.325 e. The summed E-state index contributed by atoms with van der Waals surface area (Å²) in [6.07, 6.45) is 2.53. The van der Waals surface area contributed by atoms with Crippen molar-refractivity contribution in [2.45, 2.75) is 76.6 Å². The van der Waals surface area contributed by atoms with E-state index >= 15 is 0 Å². The molecule has 0 saturated carbocycles. The SMILES string of the molecule is CCC(C)C(N)C(=O)OCONc1c2ccc(S(=O)(=O)N3C[C@H](C)C[C@H](C)C3)cc2c(N=O)c2cc(S(=O)(=O)N3C[C@H](C)C[C@H](C)C3)ccc12.Cl.Cl. The molecule has 0 bridgehead atoms. The van der Waals surface area contributed by atoms with Gasteiger partial charge in [0.05, 0.1) is 15.5 Å². The molecule has 13 nitrogen and oxygen atoms in total. The van der Waals surface area contributed by atoms with Crippen molar-refractivity contribution in [3.8, 4) is 0 Å². The Labute approximate surface area is 319 Å². The monoisotopic (exact) mass is 803 g/mol. The first-order valence-corrected chi connectivity index (χ1v) is 20.1. The Morgan fingerprint density at radius 3 is 1.63 bits per heavy atom. The lowest BCUT2D eigenvalue weighted by molar-refractivity contribution is -0.156. The van der Waals surface area contributed by atoms with Gasteiger partial charge < -0.3 is 10.5 Å². The van der Waals surface area contributed by atoms with Crippen molar-refractivity contribution in [1.82, 2.24) is 8.61 Å². The molecule has 2 aliphatic heterocycles. The lowest BCUT2D eigenvalue weighted by Gasteiger charge is -2.34. The summed E-state index contributed by atoms with van der Waals surface area (Å²) < 4.78 is 63.8. The van der Waals surface area contributed by atoms with E-state index in [4.69, 9.17) is 15.3 Å². The zero-order valence-electron chi connectivity index (χ0n) is 30.4. The fraction of sp³-hybridized carbons (Fsp3) is 0.571. The number of nitroso groups, excluding NO2 is 1. The third-order valence-corrected chi connectivity index (χ3v) is 13.7. The number of ether oxygens (including phenoxy) is 1. The molecule has 52 heavy (non-hydrogen) atoms. The molecule has 2 heterocycles. The van der Waals surface area contributed by atoms with Gasteiger partial charge in [0.15, 0.2) is 0 Å². The van der Waals surface area contributed by atoms with Crippen LogP contribution in [0.2, 0.25) is 0 Å². The lowest BCUT2D eigenvalue weighted by atomic mass is 9.94. The highest BCUT2D eigenvalue weighted by Crippen LogP contribution is 2.44. The van der Waals surface area contributed by atoms with E-state index in [0.717, 1.165) is 12.8 Å². The molecule has 2 unspecified atom stereocenters. The van der Waals surface area contributed by atoms with Crippen LogP contribution in [0, 0.1) is 34.5 Å². The Balaban J connectivity index is 0.00000364. The predicted octanol–water partition coefficient (Wildman–Crippen LogP) is 6.79. The van der Waals surface area contributed by atoms with E-state index in [9.17, 15) is 26.5 Å². The van der Waals surface area contributed by atoms with E-state index in [1.165, 1.54) is 32.9 Å². The second-order valence-corrected chi connectivity index (χ2v) is 18.4. The van der Waals surface area contributed by atoms with Gasteiger partial charge in [-0.25, -0.2) is 21.7 Å². The van der Waals surface area contributed by atoms with Gasteiger partial charge >= 0.3 is 5.97 Å². The molecule has 2 fully saturated rings. The van der Waals surface area contributed by atoms with E-state index in [2.05, 4.69) is 10.7 Å². The normalized spacial score (nSPS) is 22.9. The number of carbonyl (C=O) groups is 1. The molecule has 3 aromatic rings. The minimum atomic E-state index is -3.95. The summed E-state index contributed by atoms with van der Waals surface area (Å²) in [5.41, 5.74) is 8.98. The van der Waals surface area contributed by atoms with Gasteiger partial charge in [-0.3, -0.25) is 10.3 Å². The molecular weight excluding hydrogens is 753 g/mol. The van der Waals surface area contributed by atoms with Crippen molar-refractivity contribution in [2.75, 3.05) is 38.5 Å². The maximum absolute atomic E-state index is 13.9. The summed E-state index contributed by atoms with van der Waals surface area (Å²) in [5.74, 6) is -0.0215. The molecule has 0 aliphatic carbocycles. The van der Waals surface area contributed by atoms with Crippen molar-refractivity contribution in [3.05, 3.63) is 41.3 Å². The third kappa shape index (κ3) is 9.00. The number of rotatable bonds is 12. The summed E-state index contributed by atoms with van der Waals surface area (Å²) in [6.45, 7) is 12.8. The molecule has 5 rings (SSSR count). The summed E-state index contributed by atoms with van der Waals surface area (Å²) in [4.78, 5) is 30.6. The van der Waals surface area contributed by atoms with Crippen LogP contribution in [-0.4, -0.2) is 70.4 Å². The molecule has 6 atom stereocenters. The summed E-state index contributed by atoms with van der Waals surface area (Å²) >= 11 is 0. The van der Waals surface area contributed by atoms with Gasteiger partial charge in [0.1, 0.15) is 11.7 Å². The van der Waals surface area contributed by atoms with Crippen molar-refractivity contribution in [3.63, 3.8) is 0 Å². The molecule has 3 N–H and O–H groups in total. The van der Waals surface area contributed by atoms with Crippen LogP contribution in [0.1, 0.15) is 60.8 Å². The second-order valence-electron chi connectivity index (χ2n) is 14.5. The lowest BCUT2D eigenvalue weighted by Crippen LogP contribution is -2.42. The van der Waals surface area contributed by atoms with Crippen LogP contribution in [0.15, 0.2) is 51.4 Å². The van der Waals surface area contributed by atoms with Gasteiger partial charge in [-0.1, -0.05) is 60.1 Å². The Morgan fingerprint density at radius 2 is 1.25 bits per heavy atom. The van der Waals surface area contributed by atoms with Crippen LogP contribution < -0.4 is 11.2 Å². The Bertz CT molecular complexity index is 1850. The largest absolute Gasteiger partial charge is 0.435 e. The molecule has 0 aromatic heterocycles. The van der Waals surface area contributed by atoms with E-state index in [0.29, 0.717) is 49.1 Å². The molecule has 17 heteroatoms. The van der Waals surface area contributed by atoms with Gasteiger partial charge in [0, 0.05) is 47.7 Å². The first-order chi connectivity index (χ1) is 23.6. The van der Waals surface area contributed by atoms with E-state index in [1.807, 2.05) is 41.5 Å². The number of fused-ring (bicyclic) bond motifs is 2. The molecule has 0 spiro atoms. The maximum atomic E-state index is 13.9. The van der Waals surface area contributed by atoms with Crippen molar-refractivity contribution >= 4 is 83.7 Å². The van der Waals surface area contributed by atoms with Crippen LogP contribution in [0.25, 0.3) is 21.5 Å². The summed E-state index contributed by atoms with van der Waals surface area (Å²) in [5, 5.41) is 4.48. The quantitative estimate of drug-likeness (QED) is 0.0495. The zero-order chi connectivity index (χ0) is 36.5. The van der Waals surface area contributed by atoms with Crippen LogP contribution in [0.3, 0.4) is 0 Å². The van der Waals surface area contributed by atoms with Gasteiger partial charge in [-0.2, -0.15) is 8.61 Å². The number of nitrogens with one attached hydrogen (secondary N) is 1. The number of esters is 1. The predicted molar refractivity (Wildman–Crippen MR) is 208 cm³/mol. The van der Waals surface area contributed by atoms with Gasteiger partial charge in [-0.05, 0) is 71.9 Å². The molecule has 2 saturated heterocycles. The number of anilines is 1. The van der Waals surface area contributed by atoms with Gasteiger partial charge in [0.2, 0.25) is 26.8 Å². The molecule has 0 amide bonds. The first-order valence-electron chi connectivity index (χ1n) is 17.3. The van der Waals surface area contributed by atoms with E-state index < -0.39 is 38.9 Å². The standard InChI is InChI=1S/C35H49N5O8S2.2ClH/c1-7-25(6)32(36)35(41)47-20-48-38-34-28-10-8-26(49(43,44)39-16-21(2)12-22(3)17-39)14-30(28)33(37-42)31-15-27(9-11-29(31)34)50(45,46)40-18-23(4)13-24(5)19-40;;/h8-11,14-15,21-25,32,38H,7,12-13,16-20,36H2,1-6H3;2*1H/t21-,22+,23-,24+,25?,32?;;. The highest BCUT2D eigenvalue weighted by Gasteiger charge is 2.34. The van der Waals surface area contributed by atoms with E-state index in [1.54, 1.807) is 12.1 Å². The number of sulfonamides is 2. The Morgan fingerprint density at radius 1 is 0.827 bits per heavy atom. The van der Waals surface area contributed by atoms with Crippen molar-refractivity contribution in [2.24, 2.45) is 40.5 Å². The Hall–Kier alpha value is -2.63. The number of nitrogens with zero attached hydrogens (tertiary/aromatic N) is 3. The minimum Gasteiger partial charge on any atom is -0.435 e. The third-order valence-electron chi connectivity index (χ3n) is 10.0. The number of carbonyl (C=O) groups excluding carboxylic acids is 1. The van der Waals surface area contributed by atoms with Crippen LogP contribution in [0.4, 0.5) is 11.4 Å². The zero-order valence-corrected chi connectivity index (χ0v) is 33.7. The average molecular weight is 805 g/mol. The average Bonchev–Trinajstić information content (AvgIpc) is 3.07.